The minimum Gasteiger partial charge on any atom is -0.349 e. The van der Waals surface area contributed by atoms with Crippen LogP contribution in [-0.4, -0.2) is 23.2 Å². The Morgan fingerprint density at radius 1 is 1.25 bits per heavy atom. The lowest BCUT2D eigenvalue weighted by Crippen LogP contribution is -2.25. The van der Waals surface area contributed by atoms with E-state index >= 15 is 0 Å². The Balaban J connectivity index is 1.88. The van der Waals surface area contributed by atoms with Gasteiger partial charge in [-0.15, -0.1) is 0 Å². The summed E-state index contributed by atoms with van der Waals surface area (Å²) in [4.78, 5) is 23.6. The Hall–Kier alpha value is -1.36. The van der Waals surface area contributed by atoms with Crippen LogP contribution < -0.4 is 10.6 Å². The normalized spacial score (nSPS) is 13.8. The van der Waals surface area contributed by atoms with Crippen LogP contribution in [0.5, 0.6) is 0 Å². The first kappa shape index (κ1) is 15.0. The van der Waals surface area contributed by atoms with Crippen LogP contribution in [0.25, 0.3) is 0 Å². The second kappa shape index (κ2) is 7.43. The highest BCUT2D eigenvalue weighted by molar-refractivity contribution is 9.09. The molecule has 108 valence electrons. The Labute approximate surface area is 127 Å². The Bertz CT molecular complexity index is 487. The molecule has 0 saturated heterocycles. The van der Waals surface area contributed by atoms with Crippen LogP contribution in [0.3, 0.4) is 0 Å². The summed E-state index contributed by atoms with van der Waals surface area (Å²) in [6.07, 6.45) is 4.48. The van der Waals surface area contributed by atoms with Crippen LogP contribution in [0.15, 0.2) is 24.3 Å². The van der Waals surface area contributed by atoms with Gasteiger partial charge in [-0.05, 0) is 43.9 Å². The second-order valence-electron chi connectivity index (χ2n) is 5.02. The van der Waals surface area contributed by atoms with E-state index in [2.05, 4.69) is 26.6 Å². The molecule has 4 nitrogen and oxygen atoms in total. The van der Waals surface area contributed by atoms with Crippen LogP contribution in [0.2, 0.25) is 0 Å². The number of rotatable bonds is 7. The number of unbranched alkanes of at least 4 members (excludes halogenated alkanes) is 1. The summed E-state index contributed by atoms with van der Waals surface area (Å²) >= 11 is 3.34. The van der Waals surface area contributed by atoms with Crippen molar-refractivity contribution in [1.29, 1.82) is 0 Å². The predicted molar refractivity (Wildman–Crippen MR) is 83.2 cm³/mol. The number of halogens is 1. The number of carbonyl (C=O) groups is 2. The fourth-order valence-corrected chi connectivity index (χ4v) is 2.23. The van der Waals surface area contributed by atoms with Gasteiger partial charge in [0, 0.05) is 29.0 Å². The zero-order chi connectivity index (χ0) is 14.4. The Kier molecular flexibility index (Phi) is 5.59. The average molecular weight is 339 g/mol. The van der Waals surface area contributed by atoms with Crippen LogP contribution in [0, 0.1) is 0 Å². The van der Waals surface area contributed by atoms with Crippen molar-refractivity contribution in [1.82, 2.24) is 5.32 Å². The van der Waals surface area contributed by atoms with Crippen molar-refractivity contribution in [2.45, 2.75) is 38.1 Å². The van der Waals surface area contributed by atoms with E-state index in [9.17, 15) is 9.59 Å². The fraction of sp³-hybridized carbons (Fsp3) is 0.467. The van der Waals surface area contributed by atoms with Gasteiger partial charge >= 0.3 is 0 Å². The Morgan fingerprint density at radius 2 is 2.05 bits per heavy atom. The highest BCUT2D eigenvalue weighted by Crippen LogP contribution is 2.20. The van der Waals surface area contributed by atoms with Crippen molar-refractivity contribution in [3.63, 3.8) is 0 Å². The number of alkyl halides is 1. The van der Waals surface area contributed by atoms with E-state index in [1.807, 2.05) is 0 Å². The van der Waals surface area contributed by atoms with Gasteiger partial charge in [0.05, 0.1) is 0 Å². The third-order valence-corrected chi connectivity index (χ3v) is 3.67. The molecule has 2 rings (SSSR count). The highest BCUT2D eigenvalue weighted by atomic mass is 79.9. The van der Waals surface area contributed by atoms with Gasteiger partial charge in [-0.3, -0.25) is 9.59 Å². The summed E-state index contributed by atoms with van der Waals surface area (Å²) in [6.45, 7) is 0. The number of hydrogen-bond acceptors (Lipinski definition) is 2. The van der Waals surface area contributed by atoms with E-state index in [-0.39, 0.29) is 11.8 Å². The first-order valence-electron chi connectivity index (χ1n) is 6.96. The molecule has 20 heavy (non-hydrogen) atoms. The number of carbonyl (C=O) groups excluding carboxylic acids is 2. The van der Waals surface area contributed by atoms with Gasteiger partial charge in [0.1, 0.15) is 0 Å². The van der Waals surface area contributed by atoms with Crippen LogP contribution >= 0.6 is 15.9 Å². The molecule has 0 unspecified atom stereocenters. The van der Waals surface area contributed by atoms with Gasteiger partial charge in [0.25, 0.3) is 5.91 Å². The molecule has 0 bridgehead atoms. The summed E-state index contributed by atoms with van der Waals surface area (Å²) in [5.41, 5.74) is 1.27. The second-order valence-corrected chi connectivity index (χ2v) is 5.82. The molecule has 1 aliphatic rings. The molecule has 0 atom stereocenters. The van der Waals surface area contributed by atoms with Crippen molar-refractivity contribution >= 4 is 33.4 Å². The molecule has 1 fully saturated rings. The van der Waals surface area contributed by atoms with Crippen LogP contribution in [-0.2, 0) is 4.79 Å². The van der Waals surface area contributed by atoms with Crippen molar-refractivity contribution in [2.75, 3.05) is 10.6 Å². The number of amides is 2. The molecular formula is C15H19BrN2O2. The van der Waals surface area contributed by atoms with Gasteiger partial charge in [0.15, 0.2) is 0 Å². The zero-order valence-corrected chi connectivity index (χ0v) is 12.9. The first-order chi connectivity index (χ1) is 9.69. The summed E-state index contributed by atoms with van der Waals surface area (Å²) in [7, 11) is 0. The zero-order valence-electron chi connectivity index (χ0n) is 11.3. The molecule has 1 aliphatic carbocycles. The lowest BCUT2D eigenvalue weighted by molar-refractivity contribution is -0.116. The van der Waals surface area contributed by atoms with Crippen molar-refractivity contribution in [3.8, 4) is 0 Å². The monoisotopic (exact) mass is 338 g/mol. The van der Waals surface area contributed by atoms with E-state index in [1.54, 1.807) is 24.3 Å². The molecule has 0 spiro atoms. The molecule has 2 N–H and O–H groups in total. The van der Waals surface area contributed by atoms with Gasteiger partial charge in [-0.2, -0.15) is 0 Å². The van der Waals surface area contributed by atoms with E-state index in [1.165, 1.54) is 0 Å². The summed E-state index contributed by atoms with van der Waals surface area (Å²) in [5.74, 6) is -0.0754. The smallest absolute Gasteiger partial charge is 0.251 e. The molecule has 0 radical (unpaired) electrons. The summed E-state index contributed by atoms with van der Waals surface area (Å²) < 4.78 is 0. The maximum Gasteiger partial charge on any atom is 0.251 e. The predicted octanol–water partition coefficient (Wildman–Crippen LogP) is 3.08. The van der Waals surface area contributed by atoms with E-state index in [0.717, 1.165) is 31.0 Å². The third-order valence-electron chi connectivity index (χ3n) is 3.11. The van der Waals surface area contributed by atoms with Crippen molar-refractivity contribution in [2.24, 2.45) is 0 Å². The minimum atomic E-state index is -0.0668. The van der Waals surface area contributed by atoms with Crippen LogP contribution in [0.4, 0.5) is 5.69 Å². The molecule has 0 aliphatic heterocycles. The molecule has 0 heterocycles. The lowest BCUT2D eigenvalue weighted by atomic mass is 10.1. The minimum absolute atomic E-state index is 0.00861. The molecule has 1 aromatic carbocycles. The molecule has 1 saturated carbocycles. The third kappa shape index (κ3) is 4.96. The standard InChI is InChI=1S/C15H19BrN2O2/c16-9-2-1-6-14(19)17-13-5-3-4-11(10-13)15(20)18-12-7-8-12/h3-5,10,12H,1-2,6-9H2,(H,17,19)(H,18,20). The average Bonchev–Trinajstić information content (AvgIpc) is 3.23. The largest absolute Gasteiger partial charge is 0.349 e. The summed E-state index contributed by atoms with van der Waals surface area (Å²) in [6, 6.07) is 7.41. The van der Waals surface area contributed by atoms with Gasteiger partial charge in [0.2, 0.25) is 5.91 Å². The Morgan fingerprint density at radius 3 is 2.75 bits per heavy atom. The lowest BCUT2D eigenvalue weighted by Gasteiger charge is -2.07. The number of benzene rings is 1. The van der Waals surface area contributed by atoms with E-state index in [4.69, 9.17) is 0 Å². The SMILES string of the molecule is O=C(CCCCBr)Nc1cccc(C(=O)NC2CC2)c1. The number of nitrogens with one attached hydrogen (secondary N) is 2. The quantitative estimate of drug-likeness (QED) is 0.592. The number of hydrogen-bond donors (Lipinski definition) is 2. The van der Waals surface area contributed by atoms with Crippen LogP contribution in [0.1, 0.15) is 42.5 Å². The van der Waals surface area contributed by atoms with Gasteiger partial charge < -0.3 is 10.6 Å². The van der Waals surface area contributed by atoms with Gasteiger partial charge in [-0.25, -0.2) is 0 Å². The molecular weight excluding hydrogens is 320 g/mol. The number of anilines is 1. The molecule has 1 aromatic rings. The molecule has 0 aromatic heterocycles. The maximum atomic E-state index is 11.9. The highest BCUT2D eigenvalue weighted by Gasteiger charge is 2.23. The fourth-order valence-electron chi connectivity index (χ4n) is 1.84. The van der Waals surface area contributed by atoms with Crippen molar-refractivity contribution < 1.29 is 9.59 Å². The molecule has 5 heteroatoms. The topological polar surface area (TPSA) is 58.2 Å². The van der Waals surface area contributed by atoms with Gasteiger partial charge in [-0.1, -0.05) is 22.0 Å². The molecule has 2 amide bonds. The summed E-state index contributed by atoms with van der Waals surface area (Å²) in [5, 5.41) is 6.68. The maximum absolute atomic E-state index is 11.9. The van der Waals surface area contributed by atoms with Crippen molar-refractivity contribution in [3.05, 3.63) is 29.8 Å². The van der Waals surface area contributed by atoms with E-state index in [0.29, 0.717) is 23.7 Å². The first-order valence-corrected chi connectivity index (χ1v) is 8.08. The van der Waals surface area contributed by atoms with E-state index < -0.39 is 0 Å².